The molecule has 4 heterocycles. The van der Waals surface area contributed by atoms with Crippen LogP contribution in [0.15, 0.2) is 47.8 Å². The van der Waals surface area contributed by atoms with Gasteiger partial charge in [-0.1, -0.05) is 37.6 Å². The van der Waals surface area contributed by atoms with Gasteiger partial charge in [0.2, 0.25) is 6.23 Å². The zero-order valence-electron chi connectivity index (χ0n) is 19.1. The molecule has 1 aromatic carbocycles. The van der Waals surface area contributed by atoms with Gasteiger partial charge in [0.15, 0.2) is 5.78 Å². The topological polar surface area (TPSA) is 46.6 Å². The summed E-state index contributed by atoms with van der Waals surface area (Å²) in [7, 11) is 0. The van der Waals surface area contributed by atoms with Gasteiger partial charge in [-0.3, -0.25) is 14.2 Å². The molecule has 3 fully saturated rings. The van der Waals surface area contributed by atoms with E-state index < -0.39 is 0 Å². The van der Waals surface area contributed by atoms with Gasteiger partial charge in [-0.2, -0.15) is 0 Å². The number of thiophene rings is 1. The Morgan fingerprint density at radius 3 is 2.56 bits per heavy atom. The summed E-state index contributed by atoms with van der Waals surface area (Å²) in [4.78, 5) is 28.4. The molecule has 3 aliphatic rings. The van der Waals surface area contributed by atoms with Gasteiger partial charge >= 0.3 is 6.09 Å². The predicted octanol–water partition coefficient (Wildman–Crippen LogP) is 6.11. The van der Waals surface area contributed by atoms with E-state index in [-0.39, 0.29) is 18.1 Å². The van der Waals surface area contributed by atoms with Crippen molar-refractivity contribution in [2.75, 3.05) is 31.1 Å². The Kier molecular flexibility index (Phi) is 7.63. The number of para-hydroxylation sites is 1. The molecule has 2 bridgehead atoms. The molecule has 32 heavy (non-hydrogen) atoms. The van der Waals surface area contributed by atoms with E-state index in [1.165, 1.54) is 24.2 Å². The summed E-state index contributed by atoms with van der Waals surface area (Å²) in [5, 5.41) is 1.96. The molecule has 0 radical (unpaired) electrons. The highest BCUT2D eigenvalue weighted by molar-refractivity contribution is 7.12. The maximum atomic E-state index is 13.3. The molecule has 1 aromatic heterocycles. The molecule has 6 heteroatoms. The van der Waals surface area contributed by atoms with E-state index in [4.69, 9.17) is 4.74 Å². The summed E-state index contributed by atoms with van der Waals surface area (Å²) in [6, 6.07) is 13.7. The largest absolute Gasteiger partial charge is 0.418 e. The number of hydrogen-bond donors (Lipinski definition) is 0. The third kappa shape index (κ3) is 5.24. The first kappa shape index (κ1) is 23.0. The smallest absolute Gasteiger partial charge is 0.396 e. The van der Waals surface area contributed by atoms with Crippen molar-refractivity contribution in [3.63, 3.8) is 0 Å². The molecule has 5 nitrogen and oxygen atoms in total. The van der Waals surface area contributed by atoms with Crippen molar-refractivity contribution < 1.29 is 18.8 Å². The highest BCUT2D eigenvalue weighted by Crippen LogP contribution is 2.40. The Balaban J connectivity index is 1.42. The number of carbonyl (C=O) groups excluding carboxylic acids is 2. The van der Waals surface area contributed by atoms with Gasteiger partial charge in [0.1, 0.15) is 0 Å². The van der Waals surface area contributed by atoms with Crippen LogP contribution in [-0.4, -0.2) is 48.8 Å². The summed E-state index contributed by atoms with van der Waals surface area (Å²) >= 11 is 1.52. The van der Waals surface area contributed by atoms with E-state index in [1.807, 2.05) is 47.8 Å². The van der Waals surface area contributed by atoms with Crippen molar-refractivity contribution in [3.05, 3.63) is 52.7 Å². The van der Waals surface area contributed by atoms with E-state index >= 15 is 0 Å². The highest BCUT2D eigenvalue weighted by Gasteiger charge is 2.49. The normalized spacial score (nSPS) is 24.3. The lowest BCUT2D eigenvalue weighted by atomic mass is 9.84. The van der Waals surface area contributed by atoms with E-state index in [1.54, 1.807) is 4.90 Å². The summed E-state index contributed by atoms with van der Waals surface area (Å²) in [5.41, 5.74) is 0.898. The second kappa shape index (κ2) is 10.6. The molecular formula is C26H35N2O3S+. The molecule has 1 unspecified atom stereocenters. The molecule has 5 rings (SSSR count). The van der Waals surface area contributed by atoms with Crippen LogP contribution < -0.4 is 4.90 Å². The van der Waals surface area contributed by atoms with Gasteiger partial charge < -0.3 is 4.74 Å². The number of carbonyl (C=O) groups is 2. The molecule has 1 amide bonds. The number of fused-ring (bicyclic) bond motifs is 3. The second-order valence-corrected chi connectivity index (χ2v) is 10.2. The Morgan fingerprint density at radius 2 is 1.88 bits per heavy atom. The zero-order chi connectivity index (χ0) is 22.4. The third-order valence-electron chi connectivity index (χ3n) is 7.17. The van der Waals surface area contributed by atoms with Crippen molar-refractivity contribution in [2.24, 2.45) is 5.92 Å². The zero-order valence-corrected chi connectivity index (χ0v) is 19.9. The third-order valence-corrected chi connectivity index (χ3v) is 8.09. The molecule has 0 N–H and O–H groups in total. The fourth-order valence-electron chi connectivity index (χ4n) is 5.24. The van der Waals surface area contributed by atoms with Gasteiger partial charge in [0.05, 0.1) is 24.5 Å². The number of nitrogens with zero attached hydrogens (tertiary/aromatic N) is 2. The summed E-state index contributed by atoms with van der Waals surface area (Å²) in [6.07, 6.45) is 6.40. The van der Waals surface area contributed by atoms with Crippen LogP contribution in [0.3, 0.4) is 0 Å². The van der Waals surface area contributed by atoms with Crippen LogP contribution in [0.1, 0.15) is 61.5 Å². The molecule has 1 atom stereocenters. The van der Waals surface area contributed by atoms with Crippen LogP contribution in [-0.2, 0) is 4.74 Å². The number of rotatable bonds is 10. The highest BCUT2D eigenvalue weighted by atomic mass is 32.1. The van der Waals surface area contributed by atoms with E-state index in [0.717, 1.165) is 60.4 Å². The van der Waals surface area contributed by atoms with Crippen LogP contribution in [0.2, 0.25) is 0 Å². The molecule has 172 valence electrons. The molecular weight excluding hydrogens is 420 g/mol. The van der Waals surface area contributed by atoms with Crippen LogP contribution in [0.25, 0.3) is 0 Å². The van der Waals surface area contributed by atoms with Crippen molar-refractivity contribution in [3.8, 4) is 0 Å². The lowest BCUT2D eigenvalue weighted by Gasteiger charge is -2.53. The second-order valence-electron chi connectivity index (χ2n) is 9.25. The van der Waals surface area contributed by atoms with Crippen molar-refractivity contribution in [2.45, 2.75) is 58.1 Å². The molecule has 3 saturated heterocycles. The quantitative estimate of drug-likeness (QED) is 0.321. The number of ether oxygens (including phenoxy) is 1. The van der Waals surface area contributed by atoms with E-state index in [9.17, 15) is 9.59 Å². The van der Waals surface area contributed by atoms with Crippen molar-refractivity contribution >= 4 is 28.9 Å². The standard InChI is InChI=1S/C26H35N2O3S/c1-2-3-15-27(22-9-5-4-6-10-22)26(30)31-25-20-21-13-17-28(25,18-14-21)16-7-11-23(29)24-12-8-19-32-24/h4-6,8-10,12,19,21,25H,2-3,7,11,13-18,20H2,1H3/q+1. The first-order valence-electron chi connectivity index (χ1n) is 12.1. The number of unbranched alkanes of at least 4 members (excludes halogenated alkanes) is 1. The SMILES string of the molecule is CCCCN(C(=O)OC1CC2CC[N+]1(CCCC(=O)c1cccs1)CC2)c1ccccc1. The van der Waals surface area contributed by atoms with Gasteiger partial charge in [-0.25, -0.2) is 4.79 Å². The lowest BCUT2D eigenvalue weighted by molar-refractivity contribution is -0.984. The number of hydrogen-bond acceptors (Lipinski definition) is 4. The number of piperidine rings is 3. The number of ketones is 1. The summed E-state index contributed by atoms with van der Waals surface area (Å²) < 4.78 is 7.08. The van der Waals surface area contributed by atoms with Gasteiger partial charge in [0, 0.05) is 44.3 Å². The Bertz CT molecular complexity index is 876. The van der Waals surface area contributed by atoms with Crippen molar-refractivity contribution in [1.82, 2.24) is 0 Å². The molecule has 2 aromatic rings. The summed E-state index contributed by atoms with van der Waals surface area (Å²) in [6.45, 7) is 5.82. The maximum absolute atomic E-state index is 13.3. The molecule has 0 spiro atoms. The van der Waals surface area contributed by atoms with Crippen LogP contribution in [0, 0.1) is 5.92 Å². The van der Waals surface area contributed by atoms with Crippen LogP contribution in [0.5, 0.6) is 0 Å². The fourth-order valence-corrected chi connectivity index (χ4v) is 5.93. The number of Topliss-reactive ketones (excluding diaryl/α,β-unsaturated/α-hetero) is 1. The molecule has 0 saturated carbocycles. The first-order chi connectivity index (χ1) is 15.6. The Morgan fingerprint density at radius 1 is 1.09 bits per heavy atom. The number of amides is 1. The fraction of sp³-hybridized carbons (Fsp3) is 0.538. The number of anilines is 1. The van der Waals surface area contributed by atoms with E-state index in [2.05, 4.69) is 6.92 Å². The maximum Gasteiger partial charge on any atom is 0.418 e. The first-order valence-corrected chi connectivity index (χ1v) is 12.9. The summed E-state index contributed by atoms with van der Waals surface area (Å²) in [5.74, 6) is 0.884. The average molecular weight is 456 g/mol. The average Bonchev–Trinajstić information content (AvgIpc) is 3.36. The Labute approximate surface area is 195 Å². The monoisotopic (exact) mass is 455 g/mol. The van der Waals surface area contributed by atoms with Crippen molar-refractivity contribution in [1.29, 1.82) is 0 Å². The van der Waals surface area contributed by atoms with E-state index in [0.29, 0.717) is 18.9 Å². The van der Waals surface area contributed by atoms with Crippen LogP contribution in [0.4, 0.5) is 10.5 Å². The molecule has 3 aliphatic heterocycles. The number of benzene rings is 1. The van der Waals surface area contributed by atoms with Gasteiger partial charge in [0.25, 0.3) is 0 Å². The van der Waals surface area contributed by atoms with Gasteiger partial charge in [-0.05, 0) is 35.9 Å². The minimum absolute atomic E-state index is 0.0975. The minimum Gasteiger partial charge on any atom is -0.396 e. The number of quaternary nitrogens is 1. The lowest BCUT2D eigenvalue weighted by Crippen LogP contribution is -2.66. The Hall–Kier alpha value is -2.18. The molecule has 0 aliphatic carbocycles. The van der Waals surface area contributed by atoms with Crippen LogP contribution >= 0.6 is 11.3 Å². The minimum atomic E-state index is -0.227. The predicted molar refractivity (Wildman–Crippen MR) is 129 cm³/mol. The van der Waals surface area contributed by atoms with Gasteiger partial charge in [-0.15, -0.1) is 11.3 Å².